The molecular formula is C34H34F2. The lowest BCUT2D eigenvalue weighted by atomic mass is 9.92. The zero-order valence-corrected chi connectivity index (χ0v) is 21.2. The van der Waals surface area contributed by atoms with Crippen LogP contribution in [0.2, 0.25) is 0 Å². The van der Waals surface area contributed by atoms with Crippen molar-refractivity contribution in [3.63, 3.8) is 0 Å². The predicted molar refractivity (Wildman–Crippen MR) is 147 cm³/mol. The SMILES string of the molecule is C/C=C/CCc1ccc(CCc2ccc(-c3cc(F)c(C[C@H](C)c4ccccc4)c(F)c3)cc2)cc1. The third-order valence-corrected chi connectivity index (χ3v) is 6.87. The molecule has 4 aromatic carbocycles. The highest BCUT2D eigenvalue weighted by atomic mass is 19.1. The van der Waals surface area contributed by atoms with Crippen LogP contribution in [0.15, 0.2) is 103 Å². The maximum atomic E-state index is 14.9. The summed E-state index contributed by atoms with van der Waals surface area (Å²) in [5.74, 6) is -0.924. The van der Waals surface area contributed by atoms with Gasteiger partial charge in [0.25, 0.3) is 0 Å². The standard InChI is InChI=1S/C34H34F2/c1-3-4-6-9-26-12-14-27(15-13-26)16-17-28-18-20-30(21-19-28)31-23-33(35)32(34(36)24-31)22-25(2)29-10-7-5-8-11-29/h3-5,7-8,10-15,18-21,23-25H,6,9,16-17,22H2,1-2H3/b4-3+/t25-/m0/s1. The Morgan fingerprint density at radius 1 is 0.667 bits per heavy atom. The molecule has 0 fully saturated rings. The molecule has 0 amide bonds. The number of hydrogen-bond donors (Lipinski definition) is 0. The Hall–Kier alpha value is -3.52. The van der Waals surface area contributed by atoms with E-state index in [4.69, 9.17) is 0 Å². The second-order valence-corrected chi connectivity index (χ2v) is 9.56. The first-order chi connectivity index (χ1) is 17.5. The van der Waals surface area contributed by atoms with Crippen LogP contribution in [0.1, 0.15) is 54.0 Å². The Bertz CT molecular complexity index is 1250. The zero-order valence-electron chi connectivity index (χ0n) is 21.2. The minimum absolute atomic E-state index is 0.0368. The largest absolute Gasteiger partial charge is 0.207 e. The van der Waals surface area contributed by atoms with E-state index in [1.807, 2.05) is 49.4 Å². The molecule has 0 aromatic heterocycles. The average molecular weight is 481 g/mol. The third kappa shape index (κ3) is 6.79. The average Bonchev–Trinajstić information content (AvgIpc) is 2.91. The van der Waals surface area contributed by atoms with Crippen molar-refractivity contribution in [2.75, 3.05) is 0 Å². The van der Waals surface area contributed by atoms with Crippen molar-refractivity contribution < 1.29 is 8.78 Å². The second kappa shape index (κ2) is 12.4. The van der Waals surface area contributed by atoms with E-state index in [0.29, 0.717) is 12.0 Å². The van der Waals surface area contributed by atoms with Gasteiger partial charge in [-0.2, -0.15) is 0 Å². The van der Waals surface area contributed by atoms with Gasteiger partial charge in [-0.05, 0) is 90.5 Å². The molecule has 0 bridgehead atoms. The first-order valence-corrected chi connectivity index (χ1v) is 12.8. The smallest absolute Gasteiger partial charge is 0.129 e. The quantitative estimate of drug-likeness (QED) is 0.198. The predicted octanol–water partition coefficient (Wildman–Crippen LogP) is 9.27. The molecule has 0 radical (unpaired) electrons. The molecule has 0 heterocycles. The number of hydrogen-bond acceptors (Lipinski definition) is 0. The van der Waals surface area contributed by atoms with Crippen molar-refractivity contribution in [1.29, 1.82) is 0 Å². The van der Waals surface area contributed by atoms with E-state index in [9.17, 15) is 8.78 Å². The lowest BCUT2D eigenvalue weighted by molar-refractivity contribution is 0.544. The van der Waals surface area contributed by atoms with Gasteiger partial charge < -0.3 is 0 Å². The van der Waals surface area contributed by atoms with Crippen LogP contribution in [-0.4, -0.2) is 0 Å². The fourth-order valence-corrected chi connectivity index (χ4v) is 4.61. The number of aryl methyl sites for hydroxylation is 3. The summed E-state index contributed by atoms with van der Waals surface area (Å²) < 4.78 is 29.9. The van der Waals surface area contributed by atoms with Gasteiger partial charge in [-0.3, -0.25) is 0 Å². The van der Waals surface area contributed by atoms with Crippen molar-refractivity contribution in [2.24, 2.45) is 0 Å². The summed E-state index contributed by atoms with van der Waals surface area (Å²) in [4.78, 5) is 0. The van der Waals surface area contributed by atoms with Crippen LogP contribution in [0.25, 0.3) is 11.1 Å². The van der Waals surface area contributed by atoms with Gasteiger partial charge in [0.15, 0.2) is 0 Å². The Balaban J connectivity index is 1.38. The molecule has 1 atom stereocenters. The van der Waals surface area contributed by atoms with Gasteiger partial charge in [-0.25, -0.2) is 8.78 Å². The van der Waals surface area contributed by atoms with E-state index in [0.717, 1.165) is 36.8 Å². The molecule has 0 nitrogen and oxygen atoms in total. The van der Waals surface area contributed by atoms with Crippen molar-refractivity contribution in [3.8, 4) is 11.1 Å². The monoisotopic (exact) mass is 480 g/mol. The lowest BCUT2D eigenvalue weighted by Gasteiger charge is -2.14. The Kier molecular flexibility index (Phi) is 8.84. The van der Waals surface area contributed by atoms with E-state index in [2.05, 4.69) is 55.5 Å². The van der Waals surface area contributed by atoms with Crippen LogP contribution in [-0.2, 0) is 25.7 Å². The molecule has 184 valence electrons. The van der Waals surface area contributed by atoms with Crippen LogP contribution < -0.4 is 0 Å². The minimum Gasteiger partial charge on any atom is -0.207 e. The van der Waals surface area contributed by atoms with Crippen molar-refractivity contribution in [2.45, 2.75) is 51.9 Å². The van der Waals surface area contributed by atoms with Crippen LogP contribution in [0.5, 0.6) is 0 Å². The molecule has 0 spiro atoms. The molecule has 4 rings (SSSR count). The molecule has 0 N–H and O–H groups in total. The van der Waals surface area contributed by atoms with Crippen LogP contribution in [0, 0.1) is 11.6 Å². The van der Waals surface area contributed by atoms with Gasteiger partial charge in [0.1, 0.15) is 11.6 Å². The number of halogens is 2. The highest BCUT2D eigenvalue weighted by Gasteiger charge is 2.16. The molecule has 0 unspecified atom stereocenters. The first kappa shape index (κ1) is 25.6. The molecular weight excluding hydrogens is 446 g/mol. The van der Waals surface area contributed by atoms with Crippen LogP contribution in [0.3, 0.4) is 0 Å². The summed E-state index contributed by atoms with van der Waals surface area (Å²) >= 11 is 0. The maximum absolute atomic E-state index is 14.9. The van der Waals surface area contributed by atoms with Gasteiger partial charge in [-0.15, -0.1) is 0 Å². The Labute approximate surface area is 214 Å². The number of rotatable bonds is 10. The Morgan fingerprint density at radius 3 is 1.75 bits per heavy atom. The molecule has 2 heteroatoms. The molecule has 36 heavy (non-hydrogen) atoms. The minimum atomic E-state index is -0.481. The first-order valence-electron chi connectivity index (χ1n) is 12.8. The van der Waals surface area contributed by atoms with Gasteiger partial charge in [0.2, 0.25) is 0 Å². The summed E-state index contributed by atoms with van der Waals surface area (Å²) in [5.41, 5.74) is 6.52. The number of allylic oxidation sites excluding steroid dienone is 2. The third-order valence-electron chi connectivity index (χ3n) is 6.87. The van der Waals surface area contributed by atoms with E-state index in [1.165, 1.54) is 28.8 Å². The van der Waals surface area contributed by atoms with Gasteiger partial charge in [0.05, 0.1) is 0 Å². The highest BCUT2D eigenvalue weighted by Crippen LogP contribution is 2.29. The topological polar surface area (TPSA) is 0 Å². The van der Waals surface area contributed by atoms with E-state index >= 15 is 0 Å². The summed E-state index contributed by atoms with van der Waals surface area (Å²) in [6.07, 6.45) is 8.66. The maximum Gasteiger partial charge on any atom is 0.129 e. The van der Waals surface area contributed by atoms with Gasteiger partial charge >= 0.3 is 0 Å². The zero-order chi connectivity index (χ0) is 25.3. The van der Waals surface area contributed by atoms with E-state index in [1.54, 1.807) is 0 Å². The van der Waals surface area contributed by atoms with Crippen molar-refractivity contribution >= 4 is 0 Å². The van der Waals surface area contributed by atoms with E-state index in [-0.39, 0.29) is 11.5 Å². The molecule has 4 aromatic rings. The van der Waals surface area contributed by atoms with Crippen molar-refractivity contribution in [3.05, 3.63) is 143 Å². The van der Waals surface area contributed by atoms with E-state index < -0.39 is 11.6 Å². The fraction of sp³-hybridized carbons (Fsp3) is 0.235. The second-order valence-electron chi connectivity index (χ2n) is 9.56. The molecule has 0 aliphatic rings. The normalized spacial score (nSPS) is 12.2. The van der Waals surface area contributed by atoms with Crippen molar-refractivity contribution in [1.82, 2.24) is 0 Å². The number of benzene rings is 4. The van der Waals surface area contributed by atoms with Gasteiger partial charge in [-0.1, -0.05) is 97.9 Å². The highest BCUT2D eigenvalue weighted by molar-refractivity contribution is 5.64. The molecule has 0 aliphatic heterocycles. The Morgan fingerprint density at radius 2 is 1.19 bits per heavy atom. The summed E-state index contributed by atoms with van der Waals surface area (Å²) in [6.45, 7) is 4.05. The summed E-state index contributed by atoms with van der Waals surface area (Å²) in [5, 5.41) is 0. The van der Waals surface area contributed by atoms with Gasteiger partial charge in [0, 0.05) is 5.56 Å². The summed E-state index contributed by atoms with van der Waals surface area (Å²) in [6, 6.07) is 29.7. The lowest BCUT2D eigenvalue weighted by Crippen LogP contribution is -2.04. The van der Waals surface area contributed by atoms with Crippen LogP contribution in [0.4, 0.5) is 8.78 Å². The summed E-state index contributed by atoms with van der Waals surface area (Å²) in [7, 11) is 0. The fourth-order valence-electron chi connectivity index (χ4n) is 4.61. The van der Waals surface area contributed by atoms with Crippen LogP contribution >= 0.6 is 0 Å². The molecule has 0 saturated carbocycles. The molecule has 0 saturated heterocycles. The molecule has 0 aliphatic carbocycles.